The predicted octanol–water partition coefficient (Wildman–Crippen LogP) is 4.08. The van der Waals surface area contributed by atoms with Crippen LogP contribution in [0.25, 0.3) is 15.9 Å². The van der Waals surface area contributed by atoms with Gasteiger partial charge in [-0.25, -0.2) is 10.1 Å². The van der Waals surface area contributed by atoms with Gasteiger partial charge in [0.2, 0.25) is 0 Å². The van der Waals surface area contributed by atoms with Crippen LogP contribution in [0.5, 0.6) is 0 Å². The number of hydrogen-bond acceptors (Lipinski definition) is 4. The molecule has 2 atom stereocenters. The molecular weight excluding hydrogens is 344 g/mol. The summed E-state index contributed by atoms with van der Waals surface area (Å²) in [6, 6.07) is 11.9. The van der Waals surface area contributed by atoms with Gasteiger partial charge in [-0.05, 0) is 43.9 Å². The Bertz CT molecular complexity index is 1060. The molecule has 0 aliphatic heterocycles. The van der Waals surface area contributed by atoms with Gasteiger partial charge in [0, 0.05) is 17.0 Å². The Morgan fingerprint density at radius 1 is 1.35 bits per heavy atom. The Hall–Kier alpha value is -2.73. The van der Waals surface area contributed by atoms with Crippen LogP contribution in [0.2, 0.25) is 0 Å². The summed E-state index contributed by atoms with van der Waals surface area (Å²) >= 11 is 1.45. The zero-order chi connectivity index (χ0) is 17.7. The molecule has 26 heavy (non-hydrogen) atoms. The van der Waals surface area contributed by atoms with Crippen LogP contribution in [-0.4, -0.2) is 21.4 Å². The number of para-hydroxylation sites is 1. The number of hydrazone groups is 1. The van der Waals surface area contributed by atoms with Crippen LogP contribution >= 0.6 is 11.3 Å². The van der Waals surface area contributed by atoms with Crippen molar-refractivity contribution in [3.63, 3.8) is 0 Å². The number of nitrogens with one attached hydrogen (secondary N) is 1. The molecular formula is C20H18N4OS. The largest absolute Gasteiger partial charge is 0.281 e. The quantitative estimate of drug-likeness (QED) is 0.564. The second-order valence-electron chi connectivity index (χ2n) is 6.86. The van der Waals surface area contributed by atoms with E-state index in [-0.39, 0.29) is 5.91 Å². The Labute approximate surface area is 155 Å². The van der Waals surface area contributed by atoms with Crippen molar-refractivity contribution in [2.75, 3.05) is 0 Å². The highest BCUT2D eigenvalue weighted by Gasteiger charge is 2.38. The van der Waals surface area contributed by atoms with Crippen molar-refractivity contribution in [1.29, 1.82) is 0 Å². The van der Waals surface area contributed by atoms with Crippen molar-refractivity contribution in [3.05, 3.63) is 59.1 Å². The van der Waals surface area contributed by atoms with Gasteiger partial charge in [-0.2, -0.15) is 10.2 Å². The topological polar surface area (TPSA) is 59.3 Å². The second-order valence-corrected chi connectivity index (χ2v) is 7.89. The molecule has 2 aliphatic rings. The molecule has 0 unspecified atom stereocenters. The average molecular weight is 362 g/mol. The normalized spacial score (nSPS) is 22.6. The fraction of sp³-hybridized carbons (Fsp3) is 0.250. The molecule has 0 bridgehead atoms. The summed E-state index contributed by atoms with van der Waals surface area (Å²) < 4.78 is 1.90. The van der Waals surface area contributed by atoms with Crippen LogP contribution in [0.1, 0.15) is 28.2 Å². The lowest BCUT2D eigenvalue weighted by Crippen LogP contribution is -2.35. The third kappa shape index (κ3) is 2.41. The third-order valence-corrected chi connectivity index (χ3v) is 6.33. The van der Waals surface area contributed by atoms with Crippen LogP contribution in [0.15, 0.2) is 53.7 Å². The minimum Gasteiger partial charge on any atom is -0.266 e. The molecule has 130 valence electrons. The van der Waals surface area contributed by atoms with Gasteiger partial charge in [0.25, 0.3) is 5.91 Å². The maximum atomic E-state index is 12.6. The zero-order valence-corrected chi connectivity index (χ0v) is 15.2. The van der Waals surface area contributed by atoms with E-state index in [0.717, 1.165) is 40.2 Å². The standard InChI is InChI=1S/C20H18N4OS/c1-12-16-11-18(19(25)22-21-17-10-13-6-5-9-15(13)17)26-20(16)24(23-12)14-7-3-2-4-8-14/h2-5,7-9,11,13,15H,6,10H2,1H3,(H,22,25)/b21-17-/t13-,15-/m1/s1. The lowest BCUT2D eigenvalue weighted by atomic mass is 9.74. The van der Waals surface area contributed by atoms with Crippen LogP contribution in [0.3, 0.4) is 0 Å². The summed E-state index contributed by atoms with van der Waals surface area (Å²) in [5.74, 6) is 0.990. The minimum absolute atomic E-state index is 0.150. The summed E-state index contributed by atoms with van der Waals surface area (Å²) in [5, 5.41) is 9.98. The molecule has 2 aliphatic carbocycles. The Kier molecular flexibility index (Phi) is 3.53. The number of fused-ring (bicyclic) bond motifs is 2. The number of aryl methyl sites for hydroxylation is 1. The van der Waals surface area contributed by atoms with E-state index in [4.69, 9.17) is 0 Å². The van der Waals surface area contributed by atoms with Gasteiger partial charge < -0.3 is 0 Å². The molecule has 6 heteroatoms. The maximum Gasteiger partial charge on any atom is 0.281 e. The van der Waals surface area contributed by atoms with Crippen LogP contribution in [-0.2, 0) is 0 Å². The first-order chi connectivity index (χ1) is 12.7. The summed E-state index contributed by atoms with van der Waals surface area (Å²) in [6.45, 7) is 1.97. The number of nitrogens with zero attached hydrogens (tertiary/aromatic N) is 3. The van der Waals surface area contributed by atoms with Crippen LogP contribution in [0, 0.1) is 18.8 Å². The highest BCUT2D eigenvalue weighted by atomic mass is 32.1. The second kappa shape index (κ2) is 5.92. The van der Waals surface area contributed by atoms with Crippen LogP contribution in [0.4, 0.5) is 0 Å². The number of allylic oxidation sites excluding steroid dienone is 2. The van der Waals surface area contributed by atoms with E-state index in [2.05, 4.69) is 27.8 Å². The number of carbonyl (C=O) groups excluding carboxylic acids is 1. The first kappa shape index (κ1) is 15.5. The molecule has 5 nitrogen and oxygen atoms in total. The molecule has 0 spiro atoms. The third-order valence-electron chi connectivity index (χ3n) is 5.22. The summed E-state index contributed by atoms with van der Waals surface area (Å²) in [4.78, 5) is 14.2. The molecule has 2 aromatic heterocycles. The molecule has 0 saturated heterocycles. The fourth-order valence-corrected chi connectivity index (χ4v) is 4.82. The van der Waals surface area contributed by atoms with Crippen molar-refractivity contribution < 1.29 is 4.79 Å². The summed E-state index contributed by atoms with van der Waals surface area (Å²) in [7, 11) is 0. The smallest absolute Gasteiger partial charge is 0.266 e. The molecule has 5 rings (SSSR count). The van der Waals surface area contributed by atoms with E-state index in [1.54, 1.807) is 0 Å². The first-order valence-electron chi connectivity index (χ1n) is 8.79. The van der Waals surface area contributed by atoms with E-state index < -0.39 is 0 Å². The Balaban J connectivity index is 1.42. The van der Waals surface area contributed by atoms with Gasteiger partial charge in [-0.1, -0.05) is 30.4 Å². The predicted molar refractivity (Wildman–Crippen MR) is 104 cm³/mol. The van der Waals surface area contributed by atoms with Crippen molar-refractivity contribution in [2.24, 2.45) is 16.9 Å². The lowest BCUT2D eigenvalue weighted by molar-refractivity contribution is 0.0958. The van der Waals surface area contributed by atoms with Crippen molar-refractivity contribution in [1.82, 2.24) is 15.2 Å². The number of thiophene rings is 1. The van der Waals surface area contributed by atoms with Crippen molar-refractivity contribution in [3.8, 4) is 5.69 Å². The number of hydrogen-bond donors (Lipinski definition) is 1. The van der Waals surface area contributed by atoms with Gasteiger partial charge in [0.1, 0.15) is 4.83 Å². The average Bonchev–Trinajstić information content (AvgIpc) is 3.31. The van der Waals surface area contributed by atoms with Crippen molar-refractivity contribution >= 4 is 33.2 Å². The SMILES string of the molecule is Cc1nn(-c2ccccc2)c2sc(C(=O)N/N=C3/C[C@H]4CC=C[C@@H]34)cc12. The van der Waals surface area contributed by atoms with Crippen molar-refractivity contribution in [2.45, 2.75) is 19.8 Å². The Morgan fingerprint density at radius 3 is 3.00 bits per heavy atom. The van der Waals surface area contributed by atoms with E-state index in [1.807, 2.05) is 48.0 Å². The van der Waals surface area contributed by atoms with Gasteiger partial charge in [-0.3, -0.25) is 4.79 Å². The molecule has 0 radical (unpaired) electrons. The molecule has 1 saturated carbocycles. The molecule has 1 N–H and O–H groups in total. The number of carbonyl (C=O) groups is 1. The van der Waals surface area contributed by atoms with E-state index >= 15 is 0 Å². The van der Waals surface area contributed by atoms with Crippen LogP contribution < -0.4 is 5.43 Å². The maximum absolute atomic E-state index is 12.6. The van der Waals surface area contributed by atoms with Gasteiger partial charge in [-0.15, -0.1) is 11.3 Å². The summed E-state index contributed by atoms with van der Waals surface area (Å²) in [5.41, 5.74) is 5.74. The highest BCUT2D eigenvalue weighted by Crippen LogP contribution is 2.40. The molecule has 1 amide bonds. The lowest BCUT2D eigenvalue weighted by Gasteiger charge is -2.31. The van der Waals surface area contributed by atoms with E-state index in [0.29, 0.717) is 16.7 Å². The molecule has 3 aromatic rings. The minimum atomic E-state index is -0.150. The monoisotopic (exact) mass is 362 g/mol. The van der Waals surface area contributed by atoms with Gasteiger partial charge in [0.15, 0.2) is 0 Å². The molecule has 1 aromatic carbocycles. The van der Waals surface area contributed by atoms with Gasteiger partial charge in [0.05, 0.1) is 16.3 Å². The van der Waals surface area contributed by atoms with E-state index in [1.165, 1.54) is 11.3 Å². The summed E-state index contributed by atoms with van der Waals surface area (Å²) in [6.07, 6.45) is 6.55. The number of aromatic nitrogens is 2. The number of rotatable bonds is 3. The highest BCUT2D eigenvalue weighted by molar-refractivity contribution is 7.20. The molecule has 1 fully saturated rings. The van der Waals surface area contributed by atoms with E-state index in [9.17, 15) is 4.79 Å². The first-order valence-corrected chi connectivity index (χ1v) is 9.60. The number of amides is 1. The fourth-order valence-electron chi connectivity index (χ4n) is 3.74. The molecule has 2 heterocycles. The number of benzene rings is 1. The Morgan fingerprint density at radius 2 is 2.19 bits per heavy atom. The van der Waals surface area contributed by atoms with Gasteiger partial charge >= 0.3 is 0 Å². The zero-order valence-electron chi connectivity index (χ0n) is 14.3.